The van der Waals surface area contributed by atoms with E-state index in [1.165, 1.54) is 11.8 Å². The molecule has 22 heavy (non-hydrogen) atoms. The number of amides is 1. The lowest BCUT2D eigenvalue weighted by Crippen LogP contribution is -2.49. The third-order valence-electron chi connectivity index (χ3n) is 3.30. The average molecular weight is 334 g/mol. The number of anilines is 1. The van der Waals surface area contributed by atoms with Crippen molar-refractivity contribution in [2.75, 3.05) is 23.7 Å². The Kier molecular flexibility index (Phi) is 5.87. The van der Waals surface area contributed by atoms with Crippen LogP contribution in [0.2, 0.25) is 0 Å². The minimum absolute atomic E-state index is 0.0885. The normalized spacial score (nSPS) is 12.8. The molecule has 0 N–H and O–H groups in total. The van der Waals surface area contributed by atoms with Crippen molar-refractivity contribution in [2.45, 2.75) is 26.8 Å². The lowest BCUT2D eigenvalue weighted by molar-refractivity contribution is -0.131. The molecule has 1 rings (SSSR count). The molecule has 0 spiro atoms. The van der Waals surface area contributed by atoms with Crippen LogP contribution >= 0.6 is 0 Å². The predicted molar refractivity (Wildman–Crippen MR) is 81.1 cm³/mol. The van der Waals surface area contributed by atoms with E-state index in [-0.39, 0.29) is 5.69 Å². The zero-order valence-corrected chi connectivity index (χ0v) is 13.8. The summed E-state index contributed by atoms with van der Waals surface area (Å²) in [6, 6.07) is 1.67. The Morgan fingerprint density at radius 1 is 1.18 bits per heavy atom. The van der Waals surface area contributed by atoms with Crippen molar-refractivity contribution in [1.82, 2.24) is 4.90 Å². The molecule has 0 unspecified atom stereocenters. The van der Waals surface area contributed by atoms with Crippen molar-refractivity contribution in [3.63, 3.8) is 0 Å². The van der Waals surface area contributed by atoms with Gasteiger partial charge in [-0.1, -0.05) is 0 Å². The highest BCUT2D eigenvalue weighted by Crippen LogP contribution is 2.23. The molecule has 0 aromatic heterocycles. The average Bonchev–Trinajstić information content (AvgIpc) is 2.42. The maximum atomic E-state index is 13.4. The van der Waals surface area contributed by atoms with Gasteiger partial charge in [0.05, 0.1) is 11.9 Å². The molecule has 8 heteroatoms. The van der Waals surface area contributed by atoms with Crippen LogP contribution in [0.5, 0.6) is 0 Å². The molecule has 0 fully saturated rings. The molecule has 1 aromatic rings. The van der Waals surface area contributed by atoms with Crippen LogP contribution in [0.4, 0.5) is 14.5 Å². The van der Waals surface area contributed by atoms with Gasteiger partial charge in [0.15, 0.2) is 11.6 Å². The van der Waals surface area contributed by atoms with Crippen molar-refractivity contribution in [2.24, 2.45) is 0 Å². The smallest absolute Gasteiger partial charge is 0.246 e. The number of benzene rings is 1. The third-order valence-corrected chi connectivity index (χ3v) is 4.54. The molecule has 0 saturated heterocycles. The van der Waals surface area contributed by atoms with E-state index in [4.69, 9.17) is 0 Å². The fourth-order valence-corrected chi connectivity index (χ4v) is 3.39. The lowest BCUT2D eigenvalue weighted by atomic mass is 10.2. The van der Waals surface area contributed by atoms with Gasteiger partial charge in [-0.15, -0.1) is 0 Å². The van der Waals surface area contributed by atoms with Crippen molar-refractivity contribution in [3.8, 4) is 0 Å². The van der Waals surface area contributed by atoms with Crippen molar-refractivity contribution in [3.05, 3.63) is 29.8 Å². The standard InChI is InChI=1S/C14H20F2N2O3S/c1-5-17(6-2)14(19)10(3)18(22(4,20)21)11-7-8-12(15)13(16)9-11/h7-10H,5-6H2,1-4H3/t10-/m1/s1. The summed E-state index contributed by atoms with van der Waals surface area (Å²) in [6.45, 7) is 5.82. The number of halogens is 2. The van der Waals surface area contributed by atoms with E-state index in [1.807, 2.05) is 0 Å². The largest absolute Gasteiger partial charge is 0.341 e. The summed E-state index contributed by atoms with van der Waals surface area (Å²) in [5, 5.41) is 0. The molecular weight excluding hydrogens is 314 g/mol. The molecule has 0 bridgehead atoms. The molecule has 0 saturated carbocycles. The predicted octanol–water partition coefficient (Wildman–Crippen LogP) is 1.99. The SMILES string of the molecule is CCN(CC)C(=O)[C@@H](C)N(c1ccc(F)c(F)c1)S(C)(=O)=O. The van der Waals surface area contributed by atoms with E-state index in [1.54, 1.807) is 13.8 Å². The van der Waals surface area contributed by atoms with Gasteiger partial charge >= 0.3 is 0 Å². The zero-order valence-electron chi connectivity index (χ0n) is 13.0. The van der Waals surface area contributed by atoms with E-state index in [2.05, 4.69) is 0 Å². The van der Waals surface area contributed by atoms with Crippen LogP contribution in [0.25, 0.3) is 0 Å². The summed E-state index contributed by atoms with van der Waals surface area (Å²) in [7, 11) is -3.85. The van der Waals surface area contributed by atoms with Gasteiger partial charge < -0.3 is 4.90 Å². The number of hydrogen-bond donors (Lipinski definition) is 0. The lowest BCUT2D eigenvalue weighted by Gasteiger charge is -2.31. The van der Waals surface area contributed by atoms with E-state index < -0.39 is 33.6 Å². The Morgan fingerprint density at radius 2 is 1.73 bits per heavy atom. The quantitative estimate of drug-likeness (QED) is 0.799. The number of carbonyl (C=O) groups excluding carboxylic acids is 1. The van der Waals surface area contributed by atoms with Crippen LogP contribution in [0.15, 0.2) is 18.2 Å². The molecular formula is C14H20F2N2O3S. The maximum absolute atomic E-state index is 13.4. The molecule has 0 aliphatic heterocycles. The fraction of sp³-hybridized carbons (Fsp3) is 0.500. The number of hydrogen-bond acceptors (Lipinski definition) is 3. The van der Waals surface area contributed by atoms with Gasteiger partial charge in [0.25, 0.3) is 0 Å². The van der Waals surface area contributed by atoms with Gasteiger partial charge in [0.2, 0.25) is 15.9 Å². The highest BCUT2D eigenvalue weighted by atomic mass is 32.2. The maximum Gasteiger partial charge on any atom is 0.246 e. The summed E-state index contributed by atoms with van der Waals surface area (Å²) in [4.78, 5) is 13.8. The van der Waals surface area contributed by atoms with Crippen molar-refractivity contribution < 1.29 is 22.0 Å². The minimum atomic E-state index is -3.85. The summed E-state index contributed by atoms with van der Waals surface area (Å²) < 4.78 is 51.3. The second kappa shape index (κ2) is 7.04. The second-order valence-electron chi connectivity index (χ2n) is 4.84. The third kappa shape index (κ3) is 3.94. The molecule has 1 amide bonds. The van der Waals surface area contributed by atoms with Crippen LogP contribution in [0, 0.1) is 11.6 Å². The van der Waals surface area contributed by atoms with E-state index in [0.717, 1.165) is 28.8 Å². The van der Waals surface area contributed by atoms with Gasteiger partial charge in [-0.05, 0) is 32.9 Å². The Morgan fingerprint density at radius 3 is 2.14 bits per heavy atom. The van der Waals surface area contributed by atoms with E-state index in [9.17, 15) is 22.0 Å². The highest BCUT2D eigenvalue weighted by molar-refractivity contribution is 7.92. The van der Waals surface area contributed by atoms with Gasteiger partial charge in [0, 0.05) is 19.2 Å². The highest BCUT2D eigenvalue weighted by Gasteiger charge is 2.31. The summed E-state index contributed by atoms with van der Waals surface area (Å²) in [5.41, 5.74) is -0.0885. The molecule has 0 aliphatic carbocycles. The number of sulfonamides is 1. The molecule has 124 valence electrons. The Hall–Kier alpha value is -1.70. The molecule has 1 aromatic carbocycles. The van der Waals surface area contributed by atoms with Gasteiger partial charge in [-0.3, -0.25) is 9.10 Å². The molecule has 5 nitrogen and oxygen atoms in total. The molecule has 0 aliphatic rings. The second-order valence-corrected chi connectivity index (χ2v) is 6.70. The Balaban J connectivity index is 3.30. The minimum Gasteiger partial charge on any atom is -0.341 e. The van der Waals surface area contributed by atoms with Crippen LogP contribution in [-0.4, -0.2) is 44.6 Å². The van der Waals surface area contributed by atoms with Crippen LogP contribution in [0.3, 0.4) is 0 Å². The number of nitrogens with zero attached hydrogens (tertiary/aromatic N) is 2. The molecule has 0 radical (unpaired) electrons. The van der Waals surface area contributed by atoms with Gasteiger partial charge in [-0.2, -0.15) is 0 Å². The number of carbonyl (C=O) groups is 1. The Bertz CT molecular complexity index is 645. The van der Waals surface area contributed by atoms with Crippen LogP contribution in [-0.2, 0) is 14.8 Å². The van der Waals surface area contributed by atoms with Crippen LogP contribution < -0.4 is 4.31 Å². The van der Waals surface area contributed by atoms with Gasteiger partial charge in [0.1, 0.15) is 6.04 Å². The first kappa shape index (κ1) is 18.3. The first-order valence-electron chi connectivity index (χ1n) is 6.86. The monoisotopic (exact) mass is 334 g/mol. The fourth-order valence-electron chi connectivity index (χ4n) is 2.22. The number of rotatable bonds is 6. The van der Waals surface area contributed by atoms with Crippen LogP contribution in [0.1, 0.15) is 20.8 Å². The first-order valence-corrected chi connectivity index (χ1v) is 8.71. The summed E-state index contributed by atoms with van der Waals surface area (Å²) in [5.74, 6) is -2.66. The summed E-state index contributed by atoms with van der Waals surface area (Å²) >= 11 is 0. The van der Waals surface area contributed by atoms with E-state index in [0.29, 0.717) is 13.1 Å². The Labute approximate surface area is 129 Å². The summed E-state index contributed by atoms with van der Waals surface area (Å²) in [6.07, 6.45) is 0.917. The van der Waals surface area contributed by atoms with Crippen molar-refractivity contribution in [1.29, 1.82) is 0 Å². The first-order chi connectivity index (χ1) is 10.1. The van der Waals surface area contributed by atoms with Gasteiger partial charge in [-0.25, -0.2) is 17.2 Å². The van der Waals surface area contributed by atoms with Crippen molar-refractivity contribution >= 4 is 21.6 Å². The topological polar surface area (TPSA) is 57.7 Å². The zero-order chi connectivity index (χ0) is 17.1. The number of likely N-dealkylation sites (N-methyl/N-ethyl adjacent to an activating group) is 1. The van der Waals surface area contributed by atoms with E-state index >= 15 is 0 Å². The molecule has 1 atom stereocenters. The molecule has 0 heterocycles.